The summed E-state index contributed by atoms with van der Waals surface area (Å²) in [5.74, 6) is 0.414. The number of hydrogen-bond donors (Lipinski definition) is 1. The summed E-state index contributed by atoms with van der Waals surface area (Å²) in [7, 11) is 0. The molecular weight excluding hydrogens is 246 g/mol. The Hall–Kier alpha value is -0.570. The van der Waals surface area contributed by atoms with E-state index in [1.54, 1.807) is 0 Å². The second-order valence-corrected chi connectivity index (χ2v) is 5.14. The minimum atomic E-state index is 0.288. The number of benzene rings is 1. The molecule has 1 aromatic rings. The first kappa shape index (κ1) is 15.5. The largest absolute Gasteiger partial charge is 0.379 e. The molecular formula is C15H24ClNO. The van der Waals surface area contributed by atoms with Gasteiger partial charge in [-0.3, -0.25) is 0 Å². The van der Waals surface area contributed by atoms with Crippen LogP contribution < -0.4 is 5.32 Å². The Morgan fingerprint density at radius 1 is 1.28 bits per heavy atom. The third-order valence-corrected chi connectivity index (χ3v) is 3.25. The molecule has 18 heavy (non-hydrogen) atoms. The fourth-order valence-corrected chi connectivity index (χ4v) is 2.23. The highest BCUT2D eigenvalue weighted by Crippen LogP contribution is 2.26. The summed E-state index contributed by atoms with van der Waals surface area (Å²) in [6, 6.07) is 8.09. The van der Waals surface area contributed by atoms with Crippen molar-refractivity contribution in [1.82, 2.24) is 5.32 Å². The topological polar surface area (TPSA) is 21.3 Å². The van der Waals surface area contributed by atoms with Gasteiger partial charge in [-0.25, -0.2) is 0 Å². The molecule has 0 aromatic heterocycles. The van der Waals surface area contributed by atoms with Crippen LogP contribution in [0.1, 0.15) is 38.7 Å². The molecule has 0 radical (unpaired) electrons. The molecule has 0 aliphatic rings. The fraction of sp³-hybridized carbons (Fsp3) is 0.600. The van der Waals surface area contributed by atoms with E-state index in [0.717, 1.165) is 31.1 Å². The van der Waals surface area contributed by atoms with Crippen LogP contribution in [0.3, 0.4) is 0 Å². The molecule has 3 heteroatoms. The summed E-state index contributed by atoms with van der Waals surface area (Å²) >= 11 is 6.27. The van der Waals surface area contributed by atoms with Crippen LogP contribution in [0.5, 0.6) is 0 Å². The average molecular weight is 270 g/mol. The van der Waals surface area contributed by atoms with Gasteiger partial charge in [-0.05, 0) is 44.4 Å². The molecule has 0 aliphatic heterocycles. The Morgan fingerprint density at radius 3 is 2.61 bits per heavy atom. The van der Waals surface area contributed by atoms with Crippen LogP contribution in [0.2, 0.25) is 5.02 Å². The zero-order chi connectivity index (χ0) is 13.4. The molecule has 1 rings (SSSR count). The van der Waals surface area contributed by atoms with Crippen molar-refractivity contribution in [3.63, 3.8) is 0 Å². The van der Waals surface area contributed by atoms with E-state index in [0.29, 0.717) is 5.92 Å². The van der Waals surface area contributed by atoms with Crippen molar-refractivity contribution >= 4 is 11.6 Å². The first-order valence-electron chi connectivity index (χ1n) is 6.71. The zero-order valence-corrected chi connectivity index (χ0v) is 12.3. The molecule has 0 saturated carbocycles. The van der Waals surface area contributed by atoms with Crippen LogP contribution in [0.4, 0.5) is 0 Å². The molecule has 1 aromatic carbocycles. The monoisotopic (exact) mass is 269 g/mol. The lowest BCUT2D eigenvalue weighted by molar-refractivity contribution is 0.0733. The molecule has 0 aliphatic carbocycles. The number of ether oxygens (including phenoxy) is 1. The van der Waals surface area contributed by atoms with Crippen molar-refractivity contribution in [2.75, 3.05) is 19.7 Å². The first-order valence-corrected chi connectivity index (χ1v) is 7.09. The van der Waals surface area contributed by atoms with Gasteiger partial charge in [-0.2, -0.15) is 0 Å². The molecule has 1 N–H and O–H groups in total. The van der Waals surface area contributed by atoms with Gasteiger partial charge in [0.2, 0.25) is 0 Å². The molecule has 2 nitrogen and oxygen atoms in total. The Labute approximate surface area is 116 Å². The highest BCUT2D eigenvalue weighted by molar-refractivity contribution is 6.31. The van der Waals surface area contributed by atoms with E-state index >= 15 is 0 Å². The van der Waals surface area contributed by atoms with Gasteiger partial charge in [0.25, 0.3) is 0 Å². The van der Waals surface area contributed by atoms with E-state index < -0.39 is 0 Å². The fourth-order valence-electron chi connectivity index (χ4n) is 1.94. The summed E-state index contributed by atoms with van der Waals surface area (Å²) in [5.41, 5.74) is 1.22. The Morgan fingerprint density at radius 2 is 2.00 bits per heavy atom. The number of rotatable bonds is 8. The first-order chi connectivity index (χ1) is 8.65. The van der Waals surface area contributed by atoms with Gasteiger partial charge in [-0.1, -0.05) is 36.7 Å². The molecule has 102 valence electrons. The Kier molecular flexibility index (Phi) is 7.33. The van der Waals surface area contributed by atoms with Gasteiger partial charge in [0.1, 0.15) is 0 Å². The predicted octanol–water partition coefficient (Wildman–Crippen LogP) is 3.85. The quantitative estimate of drug-likeness (QED) is 0.774. The van der Waals surface area contributed by atoms with Gasteiger partial charge >= 0.3 is 0 Å². The molecule has 1 unspecified atom stereocenters. The van der Waals surface area contributed by atoms with Gasteiger partial charge < -0.3 is 10.1 Å². The van der Waals surface area contributed by atoms with Crippen LogP contribution in [0.15, 0.2) is 24.3 Å². The SMILES string of the molecule is CCNCC(CCOC(C)C)c1ccccc1Cl. The van der Waals surface area contributed by atoms with Crippen molar-refractivity contribution in [1.29, 1.82) is 0 Å². The average Bonchev–Trinajstić information content (AvgIpc) is 2.34. The Balaban J connectivity index is 2.62. The second kappa shape index (κ2) is 8.52. The van der Waals surface area contributed by atoms with E-state index in [4.69, 9.17) is 16.3 Å². The summed E-state index contributed by atoms with van der Waals surface area (Å²) in [4.78, 5) is 0. The lowest BCUT2D eigenvalue weighted by Gasteiger charge is -2.19. The maximum Gasteiger partial charge on any atom is 0.0518 e. The van der Waals surface area contributed by atoms with Gasteiger partial charge in [0.15, 0.2) is 0 Å². The lowest BCUT2D eigenvalue weighted by atomic mass is 9.96. The third kappa shape index (κ3) is 5.38. The van der Waals surface area contributed by atoms with Gasteiger partial charge in [-0.15, -0.1) is 0 Å². The van der Waals surface area contributed by atoms with E-state index in [9.17, 15) is 0 Å². The minimum absolute atomic E-state index is 0.288. The van der Waals surface area contributed by atoms with Gasteiger partial charge in [0.05, 0.1) is 6.10 Å². The van der Waals surface area contributed by atoms with Crippen molar-refractivity contribution < 1.29 is 4.74 Å². The van der Waals surface area contributed by atoms with Crippen LogP contribution in [0, 0.1) is 0 Å². The van der Waals surface area contributed by atoms with Crippen LogP contribution in [-0.4, -0.2) is 25.8 Å². The molecule has 0 fully saturated rings. The molecule has 0 bridgehead atoms. The molecule has 0 spiro atoms. The zero-order valence-electron chi connectivity index (χ0n) is 11.6. The molecule has 0 saturated heterocycles. The van der Waals surface area contributed by atoms with Crippen molar-refractivity contribution in [2.45, 2.75) is 39.2 Å². The maximum atomic E-state index is 6.27. The van der Waals surface area contributed by atoms with Crippen molar-refractivity contribution in [2.24, 2.45) is 0 Å². The standard InChI is InChI=1S/C15H24ClNO/c1-4-17-11-13(9-10-18-12(2)3)14-7-5-6-8-15(14)16/h5-8,12-13,17H,4,9-11H2,1-3H3. The summed E-state index contributed by atoms with van der Waals surface area (Å²) in [5, 5.41) is 4.25. The van der Waals surface area contributed by atoms with Crippen LogP contribution in [0.25, 0.3) is 0 Å². The molecule has 1 atom stereocenters. The van der Waals surface area contributed by atoms with E-state index in [1.165, 1.54) is 5.56 Å². The van der Waals surface area contributed by atoms with Gasteiger partial charge in [0, 0.05) is 18.2 Å². The lowest BCUT2D eigenvalue weighted by Crippen LogP contribution is -2.23. The highest BCUT2D eigenvalue weighted by Gasteiger charge is 2.14. The van der Waals surface area contributed by atoms with E-state index in [-0.39, 0.29) is 6.10 Å². The summed E-state index contributed by atoms with van der Waals surface area (Å²) in [6.45, 7) is 8.95. The van der Waals surface area contributed by atoms with Crippen molar-refractivity contribution in [3.8, 4) is 0 Å². The van der Waals surface area contributed by atoms with Crippen molar-refractivity contribution in [3.05, 3.63) is 34.9 Å². The Bertz CT molecular complexity index is 341. The van der Waals surface area contributed by atoms with E-state index in [1.807, 2.05) is 18.2 Å². The number of halogens is 1. The number of nitrogens with one attached hydrogen (secondary N) is 1. The van der Waals surface area contributed by atoms with Crippen LogP contribution in [-0.2, 0) is 4.74 Å². The smallest absolute Gasteiger partial charge is 0.0518 e. The predicted molar refractivity (Wildman–Crippen MR) is 78.4 cm³/mol. The molecule has 0 amide bonds. The van der Waals surface area contributed by atoms with E-state index in [2.05, 4.69) is 32.2 Å². The summed E-state index contributed by atoms with van der Waals surface area (Å²) in [6.07, 6.45) is 1.28. The molecule has 0 heterocycles. The second-order valence-electron chi connectivity index (χ2n) is 4.73. The number of likely N-dealkylation sites (N-methyl/N-ethyl adjacent to an activating group) is 1. The van der Waals surface area contributed by atoms with Crippen LogP contribution >= 0.6 is 11.6 Å². The number of hydrogen-bond acceptors (Lipinski definition) is 2. The highest BCUT2D eigenvalue weighted by atomic mass is 35.5. The third-order valence-electron chi connectivity index (χ3n) is 2.90. The normalized spacial score (nSPS) is 12.9. The summed E-state index contributed by atoms with van der Waals surface area (Å²) < 4.78 is 5.64. The maximum absolute atomic E-state index is 6.27. The minimum Gasteiger partial charge on any atom is -0.379 e.